The molecule has 0 bridgehead atoms. The average molecular weight is 288 g/mol. The number of hydrogen-bond acceptors (Lipinski definition) is 4. The van der Waals surface area contributed by atoms with Crippen LogP contribution in [0.4, 0.5) is 5.95 Å². The van der Waals surface area contributed by atoms with E-state index in [-0.39, 0.29) is 12.4 Å². The van der Waals surface area contributed by atoms with Crippen LogP contribution in [0.15, 0.2) is 12.1 Å². The molecule has 0 amide bonds. The molecule has 18 heavy (non-hydrogen) atoms. The lowest BCUT2D eigenvalue weighted by atomic mass is 10.3. The summed E-state index contributed by atoms with van der Waals surface area (Å²) < 4.78 is 6.29. The van der Waals surface area contributed by atoms with E-state index in [4.69, 9.17) is 28.9 Å². The van der Waals surface area contributed by atoms with Crippen molar-refractivity contribution in [3.63, 3.8) is 0 Å². The first-order chi connectivity index (χ1) is 8.52. The molecule has 0 aliphatic rings. The summed E-state index contributed by atoms with van der Waals surface area (Å²) in [6.45, 7) is 0.382. The topological polar surface area (TPSA) is 70.1 Å². The molecule has 1 aromatic carbocycles. The number of imidazole rings is 1. The minimum atomic E-state index is -0.309. The molecule has 0 saturated heterocycles. The third-order valence-electron chi connectivity index (χ3n) is 2.59. The first-order valence-corrected chi connectivity index (χ1v) is 5.96. The van der Waals surface area contributed by atoms with E-state index in [0.29, 0.717) is 28.1 Å². The number of methoxy groups -OCH3 is 1. The van der Waals surface area contributed by atoms with E-state index in [1.54, 1.807) is 16.7 Å². The lowest BCUT2D eigenvalue weighted by Crippen LogP contribution is -2.09. The molecule has 2 rings (SSSR count). The van der Waals surface area contributed by atoms with Crippen molar-refractivity contribution in [2.45, 2.75) is 13.0 Å². The van der Waals surface area contributed by atoms with Gasteiger partial charge in [0.1, 0.15) is 0 Å². The number of rotatable bonds is 3. The number of aromatic nitrogens is 2. The molecule has 0 aliphatic carbocycles. The number of esters is 1. The molecule has 0 aliphatic heterocycles. The van der Waals surface area contributed by atoms with Crippen molar-refractivity contribution in [1.29, 1.82) is 0 Å². The number of fused-ring (bicyclic) bond motifs is 1. The Kier molecular flexibility index (Phi) is 3.63. The highest BCUT2D eigenvalue weighted by atomic mass is 35.5. The monoisotopic (exact) mass is 287 g/mol. The van der Waals surface area contributed by atoms with Gasteiger partial charge in [-0.1, -0.05) is 23.2 Å². The zero-order valence-corrected chi connectivity index (χ0v) is 11.1. The van der Waals surface area contributed by atoms with Gasteiger partial charge in [0.2, 0.25) is 5.95 Å². The van der Waals surface area contributed by atoms with Crippen molar-refractivity contribution in [1.82, 2.24) is 9.55 Å². The van der Waals surface area contributed by atoms with Gasteiger partial charge in [-0.05, 0) is 12.1 Å². The maximum absolute atomic E-state index is 11.1. The van der Waals surface area contributed by atoms with E-state index in [1.807, 2.05) is 0 Å². The first-order valence-electron chi connectivity index (χ1n) is 5.20. The summed E-state index contributed by atoms with van der Waals surface area (Å²) >= 11 is 11.9. The Bertz CT molecular complexity index is 610. The number of ether oxygens (including phenoxy) is 1. The number of nitrogens with two attached hydrogens (primary N) is 1. The fourth-order valence-corrected chi connectivity index (χ4v) is 1.99. The van der Waals surface area contributed by atoms with E-state index in [1.165, 1.54) is 7.11 Å². The normalized spacial score (nSPS) is 10.8. The molecule has 0 radical (unpaired) electrons. The van der Waals surface area contributed by atoms with Crippen LogP contribution in [0, 0.1) is 0 Å². The Morgan fingerprint density at radius 3 is 2.78 bits per heavy atom. The number of nitrogen functional groups attached to an aromatic ring is 1. The van der Waals surface area contributed by atoms with Gasteiger partial charge in [-0.2, -0.15) is 0 Å². The van der Waals surface area contributed by atoms with Crippen LogP contribution in [0.5, 0.6) is 0 Å². The Morgan fingerprint density at radius 1 is 1.44 bits per heavy atom. The van der Waals surface area contributed by atoms with Crippen molar-refractivity contribution in [2.24, 2.45) is 0 Å². The van der Waals surface area contributed by atoms with Crippen molar-refractivity contribution >= 4 is 46.2 Å². The molecular weight excluding hydrogens is 277 g/mol. The van der Waals surface area contributed by atoms with E-state index >= 15 is 0 Å². The first kappa shape index (κ1) is 13.0. The van der Waals surface area contributed by atoms with Gasteiger partial charge >= 0.3 is 5.97 Å². The van der Waals surface area contributed by atoms with Crippen molar-refractivity contribution in [3.8, 4) is 0 Å². The SMILES string of the molecule is COC(=O)CCn1c(N)nc2cc(Cl)c(Cl)cc21. The van der Waals surface area contributed by atoms with Crippen LogP contribution in [0.25, 0.3) is 11.0 Å². The maximum atomic E-state index is 11.1. The number of anilines is 1. The average Bonchev–Trinajstić information content (AvgIpc) is 2.62. The molecule has 0 unspecified atom stereocenters. The molecule has 5 nitrogen and oxygen atoms in total. The zero-order valence-electron chi connectivity index (χ0n) is 9.61. The highest BCUT2D eigenvalue weighted by molar-refractivity contribution is 6.42. The fraction of sp³-hybridized carbons (Fsp3) is 0.273. The Labute approximate surface area is 113 Å². The summed E-state index contributed by atoms with van der Waals surface area (Å²) in [7, 11) is 1.34. The van der Waals surface area contributed by atoms with Gasteiger partial charge in [0.15, 0.2) is 0 Å². The Balaban J connectivity index is 2.40. The molecule has 7 heteroatoms. The molecule has 0 atom stereocenters. The summed E-state index contributed by atoms with van der Waals surface area (Å²) in [5.41, 5.74) is 7.18. The smallest absolute Gasteiger partial charge is 0.307 e. The van der Waals surface area contributed by atoms with Crippen LogP contribution >= 0.6 is 23.2 Å². The number of benzene rings is 1. The highest BCUT2D eigenvalue weighted by Crippen LogP contribution is 2.29. The summed E-state index contributed by atoms with van der Waals surface area (Å²) in [5.74, 6) is 0.00328. The number of nitrogens with zero attached hydrogens (tertiary/aromatic N) is 2. The fourth-order valence-electron chi connectivity index (χ4n) is 1.68. The van der Waals surface area contributed by atoms with Crippen LogP contribution in [0.3, 0.4) is 0 Å². The van der Waals surface area contributed by atoms with Gasteiger partial charge in [-0.15, -0.1) is 0 Å². The predicted molar refractivity (Wildman–Crippen MR) is 70.8 cm³/mol. The summed E-state index contributed by atoms with van der Waals surface area (Å²) in [6, 6.07) is 3.32. The number of hydrogen-bond donors (Lipinski definition) is 1. The second-order valence-corrected chi connectivity index (χ2v) is 4.52. The van der Waals surface area contributed by atoms with Gasteiger partial charge in [-0.3, -0.25) is 4.79 Å². The number of aryl methyl sites for hydroxylation is 1. The van der Waals surface area contributed by atoms with Gasteiger partial charge in [0, 0.05) is 6.54 Å². The third-order valence-corrected chi connectivity index (χ3v) is 3.31. The molecule has 1 heterocycles. The quantitative estimate of drug-likeness (QED) is 0.881. The Hall–Kier alpha value is -1.46. The molecule has 2 aromatic rings. The van der Waals surface area contributed by atoms with Gasteiger partial charge in [-0.25, -0.2) is 4.98 Å². The predicted octanol–water partition coefficient (Wildman–Crippen LogP) is 2.49. The number of carbonyl (C=O) groups excluding carboxylic acids is 1. The van der Waals surface area contributed by atoms with E-state index in [2.05, 4.69) is 9.72 Å². The van der Waals surface area contributed by atoms with Crippen LogP contribution in [-0.2, 0) is 16.1 Å². The largest absolute Gasteiger partial charge is 0.469 e. The van der Waals surface area contributed by atoms with Crippen LogP contribution in [0.1, 0.15) is 6.42 Å². The van der Waals surface area contributed by atoms with Crippen LogP contribution in [0.2, 0.25) is 10.0 Å². The molecule has 0 spiro atoms. The summed E-state index contributed by atoms with van der Waals surface area (Å²) in [4.78, 5) is 15.3. The lowest BCUT2D eigenvalue weighted by Gasteiger charge is -2.05. The second-order valence-electron chi connectivity index (χ2n) is 3.70. The van der Waals surface area contributed by atoms with Crippen molar-refractivity contribution in [2.75, 3.05) is 12.8 Å². The second kappa shape index (κ2) is 5.04. The lowest BCUT2D eigenvalue weighted by molar-refractivity contribution is -0.140. The van der Waals surface area contributed by atoms with E-state index in [0.717, 1.165) is 5.52 Å². The van der Waals surface area contributed by atoms with E-state index < -0.39 is 0 Å². The van der Waals surface area contributed by atoms with Gasteiger partial charge in [0.25, 0.3) is 0 Å². The molecule has 1 aromatic heterocycles. The van der Waals surface area contributed by atoms with Crippen LogP contribution < -0.4 is 5.73 Å². The Morgan fingerprint density at radius 2 is 2.11 bits per heavy atom. The molecule has 96 valence electrons. The summed E-state index contributed by atoms with van der Waals surface area (Å²) in [5, 5.41) is 0.838. The summed E-state index contributed by atoms with van der Waals surface area (Å²) in [6.07, 6.45) is 0.215. The molecular formula is C11H11Cl2N3O2. The van der Waals surface area contributed by atoms with Crippen molar-refractivity contribution < 1.29 is 9.53 Å². The van der Waals surface area contributed by atoms with Gasteiger partial charge in [0.05, 0.1) is 34.6 Å². The standard InChI is InChI=1S/C11H11Cl2N3O2/c1-18-10(17)2-3-16-9-5-7(13)6(12)4-8(9)15-11(16)14/h4-5H,2-3H2,1H3,(H2,14,15). The van der Waals surface area contributed by atoms with Crippen LogP contribution in [-0.4, -0.2) is 22.6 Å². The maximum Gasteiger partial charge on any atom is 0.307 e. The number of halogens is 2. The third kappa shape index (κ3) is 2.37. The van der Waals surface area contributed by atoms with Gasteiger partial charge < -0.3 is 15.0 Å². The highest BCUT2D eigenvalue weighted by Gasteiger charge is 2.12. The van der Waals surface area contributed by atoms with Crippen molar-refractivity contribution in [3.05, 3.63) is 22.2 Å². The minimum Gasteiger partial charge on any atom is -0.469 e. The minimum absolute atomic E-state index is 0.215. The molecule has 0 fully saturated rings. The zero-order chi connectivity index (χ0) is 13.3. The number of carbonyl (C=O) groups is 1. The molecule has 2 N–H and O–H groups in total. The molecule has 0 saturated carbocycles. The van der Waals surface area contributed by atoms with E-state index in [9.17, 15) is 4.79 Å².